The third-order valence-corrected chi connectivity index (χ3v) is 3.07. The molecule has 0 bridgehead atoms. The Morgan fingerprint density at radius 1 is 1.10 bits per heavy atom. The highest BCUT2D eigenvalue weighted by molar-refractivity contribution is 7.80. The number of halogens is 1. The minimum atomic E-state index is -0.240. The van der Waals surface area contributed by atoms with Crippen LogP contribution in [0.4, 0.5) is 10.1 Å². The van der Waals surface area contributed by atoms with Crippen LogP contribution in [-0.4, -0.2) is 5.11 Å². The summed E-state index contributed by atoms with van der Waals surface area (Å²) in [7, 11) is 0. The minimum Gasteiger partial charge on any atom is -0.357 e. The van der Waals surface area contributed by atoms with Crippen LogP contribution in [0.3, 0.4) is 0 Å². The fourth-order valence-electron chi connectivity index (χ4n) is 1.67. The molecule has 2 aromatic carbocycles. The Balaban J connectivity index is 1.78. The van der Waals surface area contributed by atoms with Crippen molar-refractivity contribution in [2.75, 3.05) is 5.43 Å². The van der Waals surface area contributed by atoms with Gasteiger partial charge in [0.05, 0.1) is 5.69 Å². The Kier molecular flexibility index (Phi) is 4.90. The fraction of sp³-hybridized carbons (Fsp3) is 0.133. The van der Waals surface area contributed by atoms with Crippen LogP contribution in [0.25, 0.3) is 0 Å². The Labute approximate surface area is 123 Å². The van der Waals surface area contributed by atoms with Crippen LogP contribution in [0.5, 0.6) is 0 Å². The van der Waals surface area contributed by atoms with E-state index in [0.29, 0.717) is 11.7 Å². The van der Waals surface area contributed by atoms with Gasteiger partial charge in [0.1, 0.15) is 5.82 Å². The fourth-order valence-corrected chi connectivity index (χ4v) is 1.79. The molecule has 104 valence electrons. The number of hydrogen-bond acceptors (Lipinski definition) is 2. The van der Waals surface area contributed by atoms with Gasteiger partial charge in [0.2, 0.25) is 0 Å². The molecule has 0 saturated carbocycles. The summed E-state index contributed by atoms with van der Waals surface area (Å²) in [6, 6.07) is 14.2. The van der Waals surface area contributed by atoms with E-state index < -0.39 is 0 Å². The number of rotatable bonds is 4. The molecule has 3 N–H and O–H groups in total. The number of para-hydroxylation sites is 1. The average molecular weight is 289 g/mol. The molecule has 2 rings (SSSR count). The minimum absolute atomic E-state index is 0.240. The molecule has 0 amide bonds. The van der Waals surface area contributed by atoms with Crippen molar-refractivity contribution in [1.82, 2.24) is 10.7 Å². The van der Waals surface area contributed by atoms with Gasteiger partial charge in [0.15, 0.2) is 5.11 Å². The molecule has 0 aliphatic carbocycles. The van der Waals surface area contributed by atoms with Gasteiger partial charge < -0.3 is 5.32 Å². The van der Waals surface area contributed by atoms with E-state index in [1.54, 1.807) is 12.1 Å². The molecule has 0 aliphatic rings. The van der Waals surface area contributed by atoms with Gasteiger partial charge >= 0.3 is 0 Å². The summed E-state index contributed by atoms with van der Waals surface area (Å²) < 4.78 is 12.8. The van der Waals surface area contributed by atoms with E-state index in [1.807, 2.05) is 31.2 Å². The van der Waals surface area contributed by atoms with Crippen molar-refractivity contribution in [1.29, 1.82) is 0 Å². The molecule has 0 saturated heterocycles. The molecule has 0 atom stereocenters. The number of thiocarbonyl (C=S) groups is 1. The Bertz CT molecular complexity index is 584. The summed E-state index contributed by atoms with van der Waals surface area (Å²) in [6.07, 6.45) is 0. The summed E-state index contributed by atoms with van der Waals surface area (Å²) in [4.78, 5) is 0. The van der Waals surface area contributed by atoms with E-state index in [1.165, 1.54) is 12.1 Å². The van der Waals surface area contributed by atoms with E-state index in [9.17, 15) is 4.39 Å². The van der Waals surface area contributed by atoms with E-state index >= 15 is 0 Å². The SMILES string of the molecule is Cc1ccccc1NNC(=S)NCc1ccc(F)cc1. The first kappa shape index (κ1) is 14.3. The van der Waals surface area contributed by atoms with Crippen LogP contribution in [0.1, 0.15) is 11.1 Å². The van der Waals surface area contributed by atoms with Crippen molar-refractivity contribution < 1.29 is 4.39 Å². The monoisotopic (exact) mass is 289 g/mol. The van der Waals surface area contributed by atoms with Crippen molar-refractivity contribution in [3.63, 3.8) is 0 Å². The van der Waals surface area contributed by atoms with Crippen molar-refractivity contribution in [2.24, 2.45) is 0 Å². The zero-order valence-corrected chi connectivity index (χ0v) is 11.9. The Hall–Kier alpha value is -2.14. The van der Waals surface area contributed by atoms with Crippen LogP contribution >= 0.6 is 12.2 Å². The average Bonchev–Trinajstić information content (AvgIpc) is 2.46. The van der Waals surface area contributed by atoms with Gasteiger partial charge in [-0.25, -0.2) is 4.39 Å². The third-order valence-electron chi connectivity index (χ3n) is 2.82. The molecule has 0 spiro atoms. The quantitative estimate of drug-likeness (QED) is 0.597. The summed E-state index contributed by atoms with van der Waals surface area (Å²) >= 11 is 5.16. The highest BCUT2D eigenvalue weighted by Crippen LogP contribution is 2.11. The predicted octanol–water partition coefficient (Wildman–Crippen LogP) is 3.13. The molecule has 0 unspecified atom stereocenters. The summed E-state index contributed by atoms with van der Waals surface area (Å²) in [5.41, 5.74) is 9.02. The molecule has 2 aromatic rings. The summed E-state index contributed by atoms with van der Waals surface area (Å²) in [5, 5.41) is 3.53. The molecular formula is C15H16FN3S. The smallest absolute Gasteiger partial charge is 0.185 e. The largest absolute Gasteiger partial charge is 0.357 e. The lowest BCUT2D eigenvalue weighted by Crippen LogP contribution is -2.38. The number of aryl methyl sites for hydroxylation is 1. The van der Waals surface area contributed by atoms with Crippen LogP contribution in [-0.2, 0) is 6.54 Å². The normalized spacial score (nSPS) is 9.90. The topological polar surface area (TPSA) is 36.1 Å². The number of hydrogen-bond donors (Lipinski definition) is 3. The van der Waals surface area contributed by atoms with E-state index in [0.717, 1.165) is 16.8 Å². The van der Waals surface area contributed by atoms with Gasteiger partial charge in [-0.2, -0.15) is 0 Å². The zero-order valence-electron chi connectivity index (χ0n) is 11.1. The first-order valence-electron chi connectivity index (χ1n) is 6.25. The highest BCUT2D eigenvalue weighted by atomic mass is 32.1. The van der Waals surface area contributed by atoms with Crippen LogP contribution in [0.2, 0.25) is 0 Å². The summed E-state index contributed by atoms with van der Waals surface area (Å²) in [6.45, 7) is 2.56. The van der Waals surface area contributed by atoms with Crippen LogP contribution in [0, 0.1) is 12.7 Å². The van der Waals surface area contributed by atoms with E-state index in [-0.39, 0.29) is 5.82 Å². The van der Waals surface area contributed by atoms with Gasteiger partial charge in [-0.1, -0.05) is 30.3 Å². The van der Waals surface area contributed by atoms with Gasteiger partial charge in [0, 0.05) is 6.54 Å². The number of anilines is 1. The van der Waals surface area contributed by atoms with Crippen molar-refractivity contribution in [3.05, 3.63) is 65.5 Å². The molecule has 0 heterocycles. The first-order valence-corrected chi connectivity index (χ1v) is 6.66. The number of benzene rings is 2. The molecule has 20 heavy (non-hydrogen) atoms. The maximum absolute atomic E-state index is 12.8. The van der Waals surface area contributed by atoms with Gasteiger partial charge in [-0.3, -0.25) is 10.9 Å². The lowest BCUT2D eigenvalue weighted by atomic mass is 10.2. The van der Waals surface area contributed by atoms with Gasteiger partial charge in [0.25, 0.3) is 0 Å². The standard InChI is InChI=1S/C15H16FN3S/c1-11-4-2-3-5-14(11)18-19-15(20)17-10-12-6-8-13(16)9-7-12/h2-9,18H,10H2,1H3,(H2,17,19,20). The second-order valence-electron chi connectivity index (χ2n) is 4.37. The van der Waals surface area contributed by atoms with Crippen molar-refractivity contribution in [2.45, 2.75) is 13.5 Å². The second-order valence-corrected chi connectivity index (χ2v) is 4.78. The maximum Gasteiger partial charge on any atom is 0.185 e. The van der Waals surface area contributed by atoms with Crippen LogP contribution < -0.4 is 16.2 Å². The number of nitrogens with one attached hydrogen (secondary N) is 3. The van der Waals surface area contributed by atoms with Crippen LogP contribution in [0.15, 0.2) is 48.5 Å². The van der Waals surface area contributed by atoms with E-state index in [4.69, 9.17) is 12.2 Å². The predicted molar refractivity (Wildman–Crippen MR) is 83.8 cm³/mol. The Morgan fingerprint density at radius 2 is 1.80 bits per heavy atom. The zero-order chi connectivity index (χ0) is 14.4. The van der Waals surface area contributed by atoms with Gasteiger partial charge in [-0.05, 0) is 48.5 Å². The highest BCUT2D eigenvalue weighted by Gasteiger charge is 1.99. The maximum atomic E-state index is 12.8. The molecule has 3 nitrogen and oxygen atoms in total. The third kappa shape index (κ3) is 4.20. The van der Waals surface area contributed by atoms with Gasteiger partial charge in [-0.15, -0.1) is 0 Å². The Morgan fingerprint density at radius 3 is 2.50 bits per heavy atom. The lowest BCUT2D eigenvalue weighted by molar-refractivity contribution is 0.626. The van der Waals surface area contributed by atoms with Crippen molar-refractivity contribution >= 4 is 23.0 Å². The molecule has 0 aromatic heterocycles. The number of hydrazine groups is 1. The van der Waals surface area contributed by atoms with Crippen molar-refractivity contribution in [3.8, 4) is 0 Å². The molecule has 0 aliphatic heterocycles. The molecular weight excluding hydrogens is 273 g/mol. The lowest BCUT2D eigenvalue weighted by Gasteiger charge is -2.14. The molecule has 5 heteroatoms. The van der Waals surface area contributed by atoms with E-state index in [2.05, 4.69) is 16.2 Å². The molecule has 0 fully saturated rings. The summed E-state index contributed by atoms with van der Waals surface area (Å²) in [5.74, 6) is -0.240. The first-order chi connectivity index (χ1) is 9.65. The molecule has 0 radical (unpaired) electrons. The second kappa shape index (κ2) is 6.86.